The lowest BCUT2D eigenvalue weighted by Gasteiger charge is -2.57. The molecule has 1 saturated heterocycles. The predicted octanol–water partition coefficient (Wildman–Crippen LogP) is 8.12. The molecular formula is C32H52O3. The van der Waals surface area contributed by atoms with E-state index in [1.165, 1.54) is 63.4 Å². The Morgan fingerprint density at radius 3 is 2.57 bits per heavy atom. The Bertz CT molecular complexity index is 795. The molecule has 0 unspecified atom stereocenters. The summed E-state index contributed by atoms with van der Waals surface area (Å²) in [4.78, 5) is 13.8. The summed E-state index contributed by atoms with van der Waals surface area (Å²) < 4.78 is 12.3. The zero-order valence-electron chi connectivity index (χ0n) is 23.3. The molecule has 0 spiro atoms. The summed E-state index contributed by atoms with van der Waals surface area (Å²) >= 11 is 0. The molecule has 3 heteroatoms. The normalized spacial score (nSPS) is 44.4. The highest BCUT2D eigenvalue weighted by molar-refractivity contribution is 5.94. The third-order valence-corrected chi connectivity index (χ3v) is 11.6. The average Bonchev–Trinajstić information content (AvgIpc) is 3.17. The van der Waals surface area contributed by atoms with Gasteiger partial charge in [-0.2, -0.15) is 0 Å². The van der Waals surface area contributed by atoms with E-state index >= 15 is 0 Å². The predicted molar refractivity (Wildman–Crippen MR) is 142 cm³/mol. The summed E-state index contributed by atoms with van der Waals surface area (Å²) in [5.41, 5.74) is 1.94. The van der Waals surface area contributed by atoms with Gasteiger partial charge in [0.15, 0.2) is 12.1 Å². The average molecular weight is 485 g/mol. The van der Waals surface area contributed by atoms with Crippen molar-refractivity contribution in [3.63, 3.8) is 0 Å². The fraction of sp³-hybridized carbons (Fsp3) is 0.906. The van der Waals surface area contributed by atoms with E-state index in [0.717, 1.165) is 50.0 Å². The fourth-order valence-electron chi connectivity index (χ4n) is 9.54. The molecule has 4 aliphatic carbocycles. The minimum Gasteiger partial charge on any atom is -0.353 e. The summed E-state index contributed by atoms with van der Waals surface area (Å²) in [6, 6.07) is 0. The lowest BCUT2D eigenvalue weighted by Crippen LogP contribution is -2.54. The largest absolute Gasteiger partial charge is 0.353 e. The maximum Gasteiger partial charge on any atom is 0.159 e. The number of carbonyl (C=O) groups is 1. The van der Waals surface area contributed by atoms with Gasteiger partial charge in [-0.3, -0.25) is 4.79 Å². The summed E-state index contributed by atoms with van der Waals surface area (Å²) in [6.07, 6.45) is 18.2. The van der Waals surface area contributed by atoms with Gasteiger partial charge in [0.25, 0.3) is 0 Å². The minimum atomic E-state index is -0.0286. The van der Waals surface area contributed by atoms with Crippen LogP contribution in [-0.2, 0) is 14.3 Å². The molecule has 0 amide bonds. The van der Waals surface area contributed by atoms with E-state index < -0.39 is 0 Å². The molecule has 0 aromatic rings. The molecule has 0 aromatic carbocycles. The van der Waals surface area contributed by atoms with Crippen LogP contribution in [0.4, 0.5) is 0 Å². The number of fused-ring (bicyclic) bond motifs is 5. The Morgan fingerprint density at radius 1 is 1.00 bits per heavy atom. The molecule has 5 aliphatic rings. The van der Waals surface area contributed by atoms with Crippen molar-refractivity contribution in [3.8, 4) is 0 Å². The van der Waals surface area contributed by atoms with Crippen LogP contribution in [0.3, 0.4) is 0 Å². The second kappa shape index (κ2) is 10.2. The first-order valence-corrected chi connectivity index (χ1v) is 15.2. The molecule has 0 N–H and O–H groups in total. The first-order chi connectivity index (χ1) is 16.7. The summed E-state index contributed by atoms with van der Waals surface area (Å²) in [6.45, 7) is 13.1. The molecule has 0 radical (unpaired) electrons. The van der Waals surface area contributed by atoms with E-state index in [2.05, 4.69) is 40.7 Å². The maximum atomic E-state index is 13.8. The van der Waals surface area contributed by atoms with E-state index in [1.807, 2.05) is 0 Å². The van der Waals surface area contributed by atoms with Gasteiger partial charge < -0.3 is 9.47 Å². The molecular weight excluding hydrogens is 432 g/mol. The highest BCUT2D eigenvalue weighted by atomic mass is 16.7. The van der Waals surface area contributed by atoms with Gasteiger partial charge >= 0.3 is 0 Å². The third-order valence-electron chi connectivity index (χ3n) is 11.6. The monoisotopic (exact) mass is 484 g/mol. The van der Waals surface area contributed by atoms with Crippen molar-refractivity contribution in [1.82, 2.24) is 0 Å². The highest BCUT2D eigenvalue weighted by Gasteiger charge is 2.61. The van der Waals surface area contributed by atoms with Crippen LogP contribution >= 0.6 is 0 Å². The maximum absolute atomic E-state index is 13.8. The Hall–Kier alpha value is -0.670. The lowest BCUT2D eigenvalue weighted by atomic mass is 9.46. The number of hydrogen-bond donors (Lipinski definition) is 0. The van der Waals surface area contributed by atoms with E-state index in [1.54, 1.807) is 0 Å². The number of ether oxygens (including phenoxy) is 2. The second-order valence-corrected chi connectivity index (χ2v) is 14.1. The van der Waals surface area contributed by atoms with Gasteiger partial charge in [-0.25, -0.2) is 0 Å². The van der Waals surface area contributed by atoms with Crippen molar-refractivity contribution in [2.24, 2.45) is 46.3 Å². The van der Waals surface area contributed by atoms with Crippen molar-refractivity contribution in [2.45, 2.75) is 130 Å². The van der Waals surface area contributed by atoms with Crippen molar-refractivity contribution >= 4 is 5.78 Å². The third kappa shape index (κ3) is 4.83. The van der Waals surface area contributed by atoms with Crippen LogP contribution in [0.5, 0.6) is 0 Å². The fourth-order valence-corrected chi connectivity index (χ4v) is 9.54. The minimum absolute atomic E-state index is 0.0286. The topological polar surface area (TPSA) is 35.5 Å². The highest BCUT2D eigenvalue weighted by Crippen LogP contribution is 2.66. The molecule has 9 atom stereocenters. The van der Waals surface area contributed by atoms with Crippen molar-refractivity contribution in [2.75, 3.05) is 6.61 Å². The zero-order valence-corrected chi connectivity index (χ0v) is 23.3. The Kier molecular flexibility index (Phi) is 7.59. The van der Waals surface area contributed by atoms with Crippen LogP contribution in [0.15, 0.2) is 11.6 Å². The second-order valence-electron chi connectivity index (χ2n) is 14.1. The first kappa shape index (κ1) is 26.0. The van der Waals surface area contributed by atoms with Crippen LogP contribution in [0, 0.1) is 46.3 Å². The molecule has 1 heterocycles. The quantitative estimate of drug-likeness (QED) is 0.366. The lowest BCUT2D eigenvalue weighted by molar-refractivity contribution is -0.195. The molecule has 1 aliphatic heterocycles. The molecule has 3 nitrogen and oxygen atoms in total. The first-order valence-electron chi connectivity index (χ1n) is 15.2. The Morgan fingerprint density at radius 2 is 1.83 bits per heavy atom. The van der Waals surface area contributed by atoms with Crippen molar-refractivity contribution in [3.05, 3.63) is 11.6 Å². The van der Waals surface area contributed by atoms with Crippen LogP contribution < -0.4 is 0 Å². The van der Waals surface area contributed by atoms with Crippen LogP contribution in [0.2, 0.25) is 0 Å². The molecule has 4 fully saturated rings. The van der Waals surface area contributed by atoms with Crippen LogP contribution in [0.25, 0.3) is 0 Å². The number of hydrogen-bond acceptors (Lipinski definition) is 3. The van der Waals surface area contributed by atoms with Gasteiger partial charge in [0, 0.05) is 12.5 Å². The van der Waals surface area contributed by atoms with Gasteiger partial charge in [0.1, 0.15) is 0 Å². The Balaban J connectivity index is 1.29. The van der Waals surface area contributed by atoms with Crippen molar-refractivity contribution < 1.29 is 14.3 Å². The summed E-state index contributed by atoms with van der Waals surface area (Å²) in [5, 5.41) is 0. The van der Waals surface area contributed by atoms with Gasteiger partial charge in [-0.05, 0) is 111 Å². The summed E-state index contributed by atoms with van der Waals surface area (Å²) in [5.74, 6) is 4.24. The van der Waals surface area contributed by atoms with E-state index in [0.29, 0.717) is 23.0 Å². The Labute approximate surface area is 215 Å². The smallest absolute Gasteiger partial charge is 0.159 e. The number of carbonyl (C=O) groups excluding carboxylic acids is 1. The molecule has 35 heavy (non-hydrogen) atoms. The van der Waals surface area contributed by atoms with Crippen LogP contribution in [0.1, 0.15) is 118 Å². The molecule has 0 aromatic heterocycles. The standard InChI is InChI=1S/C32H52O3/c1-21(2)9-8-10-22(3)25-12-13-26-30-27(15-17-32(25,26)5)31(4)16-14-24(19-23(31)20-28(30)33)35-29-11-6-7-18-34-29/h20-22,24-27,29-30H,6-19H2,1-5H3/t22-,24+,25-,26-,27-,29+,30-,31+,32-/m1/s1. The van der Waals surface area contributed by atoms with E-state index in [-0.39, 0.29) is 23.7 Å². The SMILES string of the molecule is CC(C)CCC[C@@H](C)[C@H]1CC[C@@H]2[C@H]3C(=O)C=C4C[C@@H](O[C@H]5CCCCO5)CC[C@]4(C)[C@@H]3CC[C@@]21C. The molecule has 0 bridgehead atoms. The van der Waals surface area contributed by atoms with E-state index in [9.17, 15) is 4.79 Å². The number of rotatable bonds is 7. The van der Waals surface area contributed by atoms with E-state index in [4.69, 9.17) is 9.47 Å². The van der Waals surface area contributed by atoms with Crippen LogP contribution in [-0.4, -0.2) is 24.8 Å². The van der Waals surface area contributed by atoms with Crippen molar-refractivity contribution in [1.29, 1.82) is 0 Å². The van der Waals surface area contributed by atoms with Gasteiger partial charge in [0.2, 0.25) is 0 Å². The molecule has 198 valence electrons. The zero-order chi connectivity index (χ0) is 24.8. The number of allylic oxidation sites excluding steroid dienone is 1. The molecule has 5 rings (SSSR count). The summed E-state index contributed by atoms with van der Waals surface area (Å²) in [7, 11) is 0. The molecule has 3 saturated carbocycles. The van der Waals surface area contributed by atoms with Gasteiger partial charge in [0.05, 0.1) is 6.10 Å². The number of ketones is 1. The van der Waals surface area contributed by atoms with Gasteiger partial charge in [-0.15, -0.1) is 0 Å². The van der Waals surface area contributed by atoms with Gasteiger partial charge in [-0.1, -0.05) is 59.5 Å².